The monoisotopic (exact) mass is 441 g/mol. The van der Waals surface area contributed by atoms with Gasteiger partial charge in [0.1, 0.15) is 11.3 Å². The molecule has 2 heterocycles. The predicted molar refractivity (Wildman–Crippen MR) is 105 cm³/mol. The number of rotatable bonds is 3. The zero-order chi connectivity index (χ0) is 19.0. The average molecular weight is 442 g/mol. The van der Waals surface area contributed by atoms with E-state index in [1.807, 2.05) is 24.3 Å². The smallest absolute Gasteiger partial charge is 0.301 e. The van der Waals surface area contributed by atoms with Gasteiger partial charge in [-0.1, -0.05) is 69.7 Å². The Morgan fingerprint density at radius 1 is 1.11 bits per heavy atom. The Morgan fingerprint density at radius 2 is 1.89 bits per heavy atom. The van der Waals surface area contributed by atoms with Crippen LogP contribution in [0.4, 0.5) is 5.13 Å². The van der Waals surface area contributed by atoms with E-state index >= 15 is 0 Å². The van der Waals surface area contributed by atoms with Crippen molar-refractivity contribution in [3.63, 3.8) is 0 Å². The fraction of sp³-hybridized carbons (Fsp3) is 0.0526. The van der Waals surface area contributed by atoms with Gasteiger partial charge in [-0.3, -0.25) is 14.5 Å². The number of carbonyl (C=O) groups excluding carboxylic acids is 2. The third-order valence-corrected chi connectivity index (χ3v) is 5.39. The molecule has 0 unspecified atom stereocenters. The Kier molecular flexibility index (Phi) is 4.59. The lowest BCUT2D eigenvalue weighted by Crippen LogP contribution is -2.29. The summed E-state index contributed by atoms with van der Waals surface area (Å²) in [6, 6.07) is 15.2. The van der Waals surface area contributed by atoms with Crippen molar-refractivity contribution in [3.8, 4) is 0 Å². The minimum absolute atomic E-state index is 0.0273. The maximum Gasteiger partial charge on any atom is 0.301 e. The largest absolute Gasteiger partial charge is 0.507 e. The number of aliphatic hydroxyl groups is 1. The molecular weight excluding hydrogens is 430 g/mol. The fourth-order valence-electron chi connectivity index (χ4n) is 3.05. The highest BCUT2D eigenvalue weighted by Gasteiger charge is 2.48. The van der Waals surface area contributed by atoms with E-state index in [1.165, 1.54) is 10.4 Å². The first-order valence-electron chi connectivity index (χ1n) is 7.96. The van der Waals surface area contributed by atoms with Gasteiger partial charge >= 0.3 is 5.91 Å². The fourth-order valence-corrected chi connectivity index (χ4v) is 4.05. The number of hydrogen-bond acceptors (Lipinski definition) is 6. The molecule has 1 saturated heterocycles. The van der Waals surface area contributed by atoms with E-state index in [1.54, 1.807) is 30.3 Å². The molecule has 6 nitrogen and oxygen atoms in total. The van der Waals surface area contributed by atoms with Gasteiger partial charge in [-0.05, 0) is 17.7 Å². The van der Waals surface area contributed by atoms with Crippen LogP contribution in [0, 0.1) is 0 Å². The van der Waals surface area contributed by atoms with Crippen molar-refractivity contribution < 1.29 is 14.7 Å². The summed E-state index contributed by atoms with van der Waals surface area (Å²) < 4.78 is 0.794. The van der Waals surface area contributed by atoms with Crippen LogP contribution >= 0.6 is 27.3 Å². The topological polar surface area (TPSA) is 83.4 Å². The first kappa shape index (κ1) is 17.6. The van der Waals surface area contributed by atoms with Crippen LogP contribution in [0.1, 0.15) is 17.2 Å². The van der Waals surface area contributed by atoms with Crippen molar-refractivity contribution in [2.45, 2.75) is 6.04 Å². The Morgan fingerprint density at radius 3 is 2.56 bits per heavy atom. The molecule has 1 aliphatic heterocycles. The number of nitrogens with zero attached hydrogens (tertiary/aromatic N) is 3. The van der Waals surface area contributed by atoms with Crippen molar-refractivity contribution in [1.82, 2.24) is 10.2 Å². The van der Waals surface area contributed by atoms with Gasteiger partial charge in [0.05, 0.1) is 11.6 Å². The molecule has 0 saturated carbocycles. The second kappa shape index (κ2) is 7.05. The van der Waals surface area contributed by atoms with Gasteiger partial charge in [-0.15, -0.1) is 10.2 Å². The maximum absolute atomic E-state index is 12.8. The van der Waals surface area contributed by atoms with Crippen LogP contribution in [0.3, 0.4) is 0 Å². The zero-order valence-corrected chi connectivity index (χ0v) is 16.1. The van der Waals surface area contributed by atoms with Crippen LogP contribution in [0.25, 0.3) is 5.76 Å². The van der Waals surface area contributed by atoms with Crippen LogP contribution in [-0.4, -0.2) is 27.0 Å². The van der Waals surface area contributed by atoms with Gasteiger partial charge in [0.2, 0.25) is 5.13 Å². The van der Waals surface area contributed by atoms with E-state index < -0.39 is 17.7 Å². The standard InChI is InChI=1S/C19H12BrN3O3S/c20-13-8-4-7-12(9-13)15-14(16(24)11-5-2-1-3-6-11)17(25)18(26)23(15)19-22-21-10-27-19/h1-10,15,24H/b16-14+/t15-/m1/s1. The number of halogens is 1. The number of Topliss-reactive ketones (excluding diaryl/α,β-unsaturated/α-hetero) is 1. The maximum atomic E-state index is 12.8. The quantitative estimate of drug-likeness (QED) is 0.378. The third-order valence-electron chi connectivity index (χ3n) is 4.21. The van der Waals surface area contributed by atoms with Crippen molar-refractivity contribution in [2.24, 2.45) is 0 Å². The molecule has 1 fully saturated rings. The molecule has 1 aromatic heterocycles. The van der Waals surface area contributed by atoms with Crippen molar-refractivity contribution in [1.29, 1.82) is 0 Å². The SMILES string of the molecule is O=C1C(=O)N(c2nncs2)[C@H](c2cccc(Br)c2)/C1=C(\O)c1ccccc1. The molecule has 4 rings (SSSR count). The lowest BCUT2D eigenvalue weighted by Gasteiger charge is -2.22. The molecule has 1 N–H and O–H groups in total. The molecule has 1 aliphatic rings. The van der Waals surface area contributed by atoms with Crippen LogP contribution in [0.15, 0.2) is 70.2 Å². The van der Waals surface area contributed by atoms with E-state index in [-0.39, 0.29) is 11.3 Å². The summed E-state index contributed by atoms with van der Waals surface area (Å²) in [5.41, 5.74) is 2.66. The molecule has 1 amide bonds. The molecule has 1 atom stereocenters. The van der Waals surface area contributed by atoms with Crippen LogP contribution in [0.2, 0.25) is 0 Å². The highest BCUT2D eigenvalue weighted by Crippen LogP contribution is 2.42. The highest BCUT2D eigenvalue weighted by atomic mass is 79.9. The summed E-state index contributed by atoms with van der Waals surface area (Å²) in [6.07, 6.45) is 0. The first-order chi connectivity index (χ1) is 13.1. The zero-order valence-electron chi connectivity index (χ0n) is 13.7. The Labute approximate surface area is 166 Å². The number of hydrogen-bond donors (Lipinski definition) is 1. The molecule has 0 radical (unpaired) electrons. The summed E-state index contributed by atoms with van der Waals surface area (Å²) >= 11 is 4.57. The van der Waals surface area contributed by atoms with Gasteiger partial charge in [0.25, 0.3) is 5.78 Å². The second-order valence-electron chi connectivity index (χ2n) is 5.81. The summed E-state index contributed by atoms with van der Waals surface area (Å²) in [5.74, 6) is -1.71. The predicted octanol–water partition coefficient (Wildman–Crippen LogP) is 3.93. The minimum Gasteiger partial charge on any atom is -0.507 e. The number of ketones is 1. The third kappa shape index (κ3) is 3.07. The van der Waals surface area contributed by atoms with Crippen LogP contribution in [0.5, 0.6) is 0 Å². The second-order valence-corrected chi connectivity index (χ2v) is 7.54. The van der Waals surface area contributed by atoms with Gasteiger partial charge in [-0.25, -0.2) is 0 Å². The minimum atomic E-state index is -0.796. The lowest BCUT2D eigenvalue weighted by atomic mass is 9.95. The number of benzene rings is 2. The van der Waals surface area contributed by atoms with Gasteiger partial charge in [0, 0.05) is 10.0 Å². The van der Waals surface area contributed by atoms with Crippen molar-refractivity contribution >= 4 is 49.8 Å². The Hall–Kier alpha value is -2.84. The van der Waals surface area contributed by atoms with Gasteiger partial charge < -0.3 is 5.11 Å². The molecule has 2 aromatic carbocycles. The first-order valence-corrected chi connectivity index (χ1v) is 9.63. The summed E-state index contributed by atoms with van der Waals surface area (Å²) in [6.45, 7) is 0. The molecule has 0 spiro atoms. The molecule has 134 valence electrons. The average Bonchev–Trinajstić information content (AvgIpc) is 3.29. The van der Waals surface area contributed by atoms with E-state index in [0.717, 1.165) is 15.8 Å². The Balaban J connectivity index is 1.96. The summed E-state index contributed by atoms with van der Waals surface area (Å²) in [5, 5.41) is 18.9. The molecule has 27 heavy (non-hydrogen) atoms. The molecule has 0 bridgehead atoms. The highest BCUT2D eigenvalue weighted by molar-refractivity contribution is 9.10. The summed E-state index contributed by atoms with van der Waals surface area (Å²) in [4.78, 5) is 26.9. The van der Waals surface area contributed by atoms with Crippen LogP contribution in [-0.2, 0) is 9.59 Å². The van der Waals surface area contributed by atoms with Crippen molar-refractivity contribution in [3.05, 3.63) is 81.3 Å². The lowest BCUT2D eigenvalue weighted by molar-refractivity contribution is -0.132. The Bertz CT molecular complexity index is 1050. The molecule has 0 aliphatic carbocycles. The van der Waals surface area contributed by atoms with Gasteiger partial charge in [0.15, 0.2) is 0 Å². The number of carbonyl (C=O) groups is 2. The number of amides is 1. The van der Waals surface area contributed by atoms with Gasteiger partial charge in [-0.2, -0.15) is 0 Å². The number of aliphatic hydroxyl groups excluding tert-OH is 1. The molecular formula is C19H12BrN3O3S. The molecule has 8 heteroatoms. The van der Waals surface area contributed by atoms with Crippen molar-refractivity contribution in [2.75, 3.05) is 4.90 Å². The summed E-state index contributed by atoms with van der Waals surface area (Å²) in [7, 11) is 0. The normalized spacial score (nSPS) is 18.9. The van der Waals surface area contributed by atoms with E-state index in [9.17, 15) is 14.7 Å². The van der Waals surface area contributed by atoms with E-state index in [2.05, 4.69) is 26.1 Å². The number of anilines is 1. The van der Waals surface area contributed by atoms with E-state index in [4.69, 9.17) is 0 Å². The van der Waals surface area contributed by atoms with Crippen LogP contribution < -0.4 is 4.90 Å². The molecule has 3 aromatic rings. The number of aromatic nitrogens is 2. The van der Waals surface area contributed by atoms with E-state index in [0.29, 0.717) is 16.3 Å².